The molecule has 0 aliphatic carbocycles. The molecule has 6 heteroatoms. The molecule has 2 saturated heterocycles. The lowest BCUT2D eigenvalue weighted by molar-refractivity contribution is 0.474. The number of anilines is 2. The first-order valence-electron chi connectivity index (χ1n) is 12.0. The molecule has 0 radical (unpaired) electrons. The minimum atomic E-state index is 0.205. The summed E-state index contributed by atoms with van der Waals surface area (Å²) < 4.78 is 0. The highest BCUT2D eigenvalue weighted by molar-refractivity contribution is 5.90. The number of hydrogen-bond acceptors (Lipinski definition) is 6. The molecule has 174 valence electrons. The summed E-state index contributed by atoms with van der Waals surface area (Å²) in [4.78, 5) is 13.9. The third kappa shape index (κ3) is 4.91. The van der Waals surface area contributed by atoms with Crippen molar-refractivity contribution in [3.8, 4) is 11.5 Å². The van der Waals surface area contributed by atoms with Crippen LogP contribution in [0.2, 0.25) is 0 Å². The second-order valence-electron chi connectivity index (χ2n) is 8.88. The van der Waals surface area contributed by atoms with Crippen molar-refractivity contribution in [3.05, 3.63) is 71.8 Å². The first-order chi connectivity index (χ1) is 16.7. The summed E-state index contributed by atoms with van der Waals surface area (Å²) in [5.41, 5.74) is 4.96. The van der Waals surface area contributed by atoms with Crippen molar-refractivity contribution in [3.63, 3.8) is 0 Å². The number of phenolic OH excluding ortho intramolecular Hbond substituents is 2. The van der Waals surface area contributed by atoms with Crippen molar-refractivity contribution < 1.29 is 10.2 Å². The van der Waals surface area contributed by atoms with Crippen LogP contribution in [0.15, 0.2) is 70.6 Å². The molecule has 0 saturated carbocycles. The lowest BCUT2D eigenvalue weighted by Crippen LogP contribution is -2.17. The third-order valence-corrected chi connectivity index (χ3v) is 6.53. The van der Waals surface area contributed by atoms with Crippen LogP contribution in [0.5, 0.6) is 11.5 Å². The highest BCUT2D eigenvalue weighted by Crippen LogP contribution is 2.31. The second kappa shape index (κ2) is 10.00. The second-order valence-corrected chi connectivity index (χ2v) is 8.88. The SMILES string of the molecule is Oc1ccc(N2CCCC2)cc1C=Nc1ccccc1N=Cc1cc(N2CCCC2)ccc1O. The summed E-state index contributed by atoms with van der Waals surface area (Å²) in [6.07, 6.45) is 8.18. The number of aliphatic imine (C=N–C) groups is 2. The number of benzene rings is 3. The zero-order chi connectivity index (χ0) is 23.3. The highest BCUT2D eigenvalue weighted by atomic mass is 16.3. The molecule has 2 fully saturated rings. The molecule has 2 N–H and O–H groups in total. The molecule has 0 bridgehead atoms. The molecule has 0 atom stereocenters. The van der Waals surface area contributed by atoms with E-state index < -0.39 is 0 Å². The monoisotopic (exact) mass is 454 g/mol. The molecule has 2 heterocycles. The van der Waals surface area contributed by atoms with Gasteiger partial charge in [0, 0.05) is 61.1 Å². The van der Waals surface area contributed by atoms with E-state index in [0.29, 0.717) is 22.5 Å². The Morgan fingerprint density at radius 3 is 1.41 bits per heavy atom. The van der Waals surface area contributed by atoms with Crippen LogP contribution in [0.1, 0.15) is 36.8 Å². The number of nitrogens with zero attached hydrogens (tertiary/aromatic N) is 4. The first kappa shape index (κ1) is 22.0. The summed E-state index contributed by atoms with van der Waals surface area (Å²) in [6.45, 7) is 4.19. The van der Waals surface area contributed by atoms with Crippen LogP contribution in [-0.2, 0) is 0 Å². The molecule has 6 nitrogen and oxygen atoms in total. The number of phenols is 2. The Kier molecular flexibility index (Phi) is 6.47. The minimum Gasteiger partial charge on any atom is -0.507 e. The van der Waals surface area contributed by atoms with Crippen LogP contribution >= 0.6 is 0 Å². The highest BCUT2D eigenvalue weighted by Gasteiger charge is 2.14. The Labute approximate surface area is 200 Å². The van der Waals surface area contributed by atoms with Gasteiger partial charge in [-0.2, -0.15) is 0 Å². The normalized spacial score (nSPS) is 16.4. The van der Waals surface area contributed by atoms with Crippen LogP contribution in [0.3, 0.4) is 0 Å². The average molecular weight is 455 g/mol. The van der Waals surface area contributed by atoms with E-state index in [0.717, 1.165) is 37.6 Å². The Morgan fingerprint density at radius 2 is 1.00 bits per heavy atom. The van der Waals surface area contributed by atoms with Gasteiger partial charge in [-0.15, -0.1) is 0 Å². The van der Waals surface area contributed by atoms with E-state index in [1.165, 1.54) is 25.7 Å². The van der Waals surface area contributed by atoms with Crippen molar-refractivity contribution in [1.29, 1.82) is 0 Å². The van der Waals surface area contributed by atoms with Gasteiger partial charge in [0.1, 0.15) is 11.5 Å². The molecule has 3 aromatic carbocycles. The van der Waals surface area contributed by atoms with Crippen molar-refractivity contribution in [2.75, 3.05) is 36.0 Å². The van der Waals surface area contributed by atoms with E-state index in [9.17, 15) is 10.2 Å². The molecule has 2 aliphatic heterocycles. The fraction of sp³-hybridized carbons (Fsp3) is 0.286. The fourth-order valence-corrected chi connectivity index (χ4v) is 4.60. The maximum absolute atomic E-state index is 10.4. The molecule has 2 aliphatic rings. The van der Waals surface area contributed by atoms with E-state index >= 15 is 0 Å². The smallest absolute Gasteiger partial charge is 0.124 e. The van der Waals surface area contributed by atoms with Gasteiger partial charge in [-0.05, 0) is 74.2 Å². The predicted molar refractivity (Wildman–Crippen MR) is 140 cm³/mol. The number of aromatic hydroxyl groups is 2. The topological polar surface area (TPSA) is 71.7 Å². The van der Waals surface area contributed by atoms with Crippen molar-refractivity contribution >= 4 is 35.2 Å². The van der Waals surface area contributed by atoms with Gasteiger partial charge in [-0.1, -0.05) is 12.1 Å². The van der Waals surface area contributed by atoms with Crippen LogP contribution < -0.4 is 9.80 Å². The van der Waals surface area contributed by atoms with E-state index in [1.807, 2.05) is 48.5 Å². The molecule has 34 heavy (non-hydrogen) atoms. The van der Waals surface area contributed by atoms with Crippen molar-refractivity contribution in [2.45, 2.75) is 25.7 Å². The Bertz CT molecular complexity index is 1110. The van der Waals surface area contributed by atoms with Crippen molar-refractivity contribution in [2.24, 2.45) is 9.98 Å². The molecular weight excluding hydrogens is 424 g/mol. The standard InChI is InChI=1S/C28H30N4O2/c33-27-11-9-23(31-13-3-4-14-31)17-21(27)19-29-25-7-1-2-8-26(25)30-20-22-18-24(10-12-28(22)34)32-15-5-6-16-32/h1-2,7-12,17-20,33-34H,3-6,13-16H2. The quantitative estimate of drug-likeness (QED) is 0.462. The van der Waals surface area contributed by atoms with E-state index in [2.05, 4.69) is 19.8 Å². The van der Waals surface area contributed by atoms with Gasteiger partial charge in [-0.3, -0.25) is 9.98 Å². The van der Waals surface area contributed by atoms with E-state index in [4.69, 9.17) is 0 Å². The lowest BCUT2D eigenvalue weighted by atomic mass is 10.1. The molecule has 0 spiro atoms. The van der Waals surface area contributed by atoms with Gasteiger partial charge in [0.2, 0.25) is 0 Å². The zero-order valence-electron chi connectivity index (χ0n) is 19.3. The summed E-state index contributed by atoms with van der Waals surface area (Å²) >= 11 is 0. The molecule has 0 aromatic heterocycles. The minimum absolute atomic E-state index is 0.205. The summed E-state index contributed by atoms with van der Waals surface area (Å²) in [7, 11) is 0. The van der Waals surface area contributed by atoms with Gasteiger partial charge in [0.05, 0.1) is 11.4 Å². The molecule has 3 aromatic rings. The number of hydrogen-bond donors (Lipinski definition) is 2. The number of para-hydroxylation sites is 2. The Hall–Kier alpha value is -3.80. The van der Waals surface area contributed by atoms with Crippen LogP contribution in [0.4, 0.5) is 22.7 Å². The first-order valence-corrected chi connectivity index (χ1v) is 12.0. The predicted octanol–water partition coefficient (Wildman–Crippen LogP) is 5.80. The van der Waals surface area contributed by atoms with Crippen LogP contribution in [0, 0.1) is 0 Å². The van der Waals surface area contributed by atoms with Gasteiger partial charge in [0.25, 0.3) is 0 Å². The van der Waals surface area contributed by atoms with Gasteiger partial charge >= 0.3 is 0 Å². The van der Waals surface area contributed by atoms with Crippen LogP contribution in [0.25, 0.3) is 0 Å². The van der Waals surface area contributed by atoms with Gasteiger partial charge < -0.3 is 20.0 Å². The van der Waals surface area contributed by atoms with Crippen molar-refractivity contribution in [1.82, 2.24) is 0 Å². The molecule has 0 unspecified atom stereocenters. The lowest BCUT2D eigenvalue weighted by Gasteiger charge is -2.18. The summed E-state index contributed by atoms with van der Waals surface area (Å²) in [5.74, 6) is 0.410. The van der Waals surface area contributed by atoms with E-state index in [1.54, 1.807) is 24.6 Å². The average Bonchev–Trinajstić information content (AvgIpc) is 3.58. The van der Waals surface area contributed by atoms with Gasteiger partial charge in [0.15, 0.2) is 0 Å². The fourth-order valence-electron chi connectivity index (χ4n) is 4.60. The van der Waals surface area contributed by atoms with E-state index in [-0.39, 0.29) is 11.5 Å². The largest absolute Gasteiger partial charge is 0.507 e. The Balaban J connectivity index is 1.38. The zero-order valence-corrected chi connectivity index (χ0v) is 19.3. The molecule has 5 rings (SSSR count). The molecule has 0 amide bonds. The van der Waals surface area contributed by atoms with Gasteiger partial charge in [-0.25, -0.2) is 0 Å². The summed E-state index contributed by atoms with van der Waals surface area (Å²) in [5, 5.41) is 20.7. The third-order valence-electron chi connectivity index (χ3n) is 6.53. The maximum atomic E-state index is 10.4. The molecular formula is C28H30N4O2. The Morgan fingerprint density at radius 1 is 0.588 bits per heavy atom. The number of rotatable bonds is 6. The van der Waals surface area contributed by atoms with Crippen LogP contribution in [-0.4, -0.2) is 48.8 Å². The summed E-state index contributed by atoms with van der Waals surface area (Å²) in [6, 6.07) is 19.0. The maximum Gasteiger partial charge on any atom is 0.124 e.